The zero-order valence-corrected chi connectivity index (χ0v) is 11.4. The summed E-state index contributed by atoms with van der Waals surface area (Å²) in [6.07, 6.45) is 6.70. The molecule has 3 N–H and O–H groups in total. The molecule has 1 aliphatic carbocycles. The van der Waals surface area contributed by atoms with Crippen LogP contribution in [0, 0.1) is 5.92 Å². The van der Waals surface area contributed by atoms with Crippen LogP contribution in [0.1, 0.15) is 37.3 Å². The summed E-state index contributed by atoms with van der Waals surface area (Å²) in [5.41, 5.74) is 8.60. The van der Waals surface area contributed by atoms with Crippen molar-refractivity contribution in [2.24, 2.45) is 11.7 Å². The number of benzene rings is 1. The van der Waals surface area contributed by atoms with Gasteiger partial charge < -0.3 is 15.5 Å². The average molecular weight is 258 g/mol. The second-order valence-electron chi connectivity index (χ2n) is 5.61. The van der Waals surface area contributed by atoms with E-state index < -0.39 is 0 Å². The van der Waals surface area contributed by atoms with Crippen LogP contribution in [0.15, 0.2) is 34.9 Å². The maximum Gasteiger partial charge on any atom is 0.134 e. The van der Waals surface area contributed by atoms with E-state index in [1.165, 1.54) is 36.6 Å². The van der Waals surface area contributed by atoms with Gasteiger partial charge in [-0.1, -0.05) is 18.2 Å². The lowest BCUT2D eigenvalue weighted by Gasteiger charge is -2.31. The van der Waals surface area contributed by atoms with Crippen molar-refractivity contribution in [2.75, 3.05) is 7.05 Å². The summed E-state index contributed by atoms with van der Waals surface area (Å²) >= 11 is 0. The van der Waals surface area contributed by atoms with Crippen molar-refractivity contribution in [1.29, 1.82) is 0 Å². The molecule has 3 heteroatoms. The standard InChI is InChI=1S/C16H22N2O/c1-18-12-8-6-11(7-9-12)16(17)14-10-19-15-5-3-2-4-13(14)15/h2-5,10-12,16,18H,6-9,17H2,1H3. The maximum absolute atomic E-state index is 6.49. The summed E-state index contributed by atoms with van der Waals surface area (Å²) in [6, 6.07) is 8.92. The van der Waals surface area contributed by atoms with Gasteiger partial charge in [-0.25, -0.2) is 0 Å². The number of nitrogens with one attached hydrogen (secondary N) is 1. The van der Waals surface area contributed by atoms with E-state index in [4.69, 9.17) is 10.2 Å². The van der Waals surface area contributed by atoms with Gasteiger partial charge in [0.1, 0.15) is 5.58 Å². The molecule has 0 spiro atoms. The first-order valence-electron chi connectivity index (χ1n) is 7.18. The predicted molar refractivity (Wildman–Crippen MR) is 77.9 cm³/mol. The van der Waals surface area contributed by atoms with Gasteiger partial charge in [-0.15, -0.1) is 0 Å². The zero-order valence-electron chi connectivity index (χ0n) is 11.4. The molecule has 1 aromatic heterocycles. The Morgan fingerprint density at radius 1 is 1.21 bits per heavy atom. The van der Waals surface area contributed by atoms with Crippen LogP contribution in [0.4, 0.5) is 0 Å². The minimum absolute atomic E-state index is 0.0986. The lowest BCUT2D eigenvalue weighted by molar-refractivity contribution is 0.267. The fourth-order valence-corrected chi connectivity index (χ4v) is 3.28. The summed E-state index contributed by atoms with van der Waals surface area (Å²) in [4.78, 5) is 0. The van der Waals surface area contributed by atoms with E-state index in [9.17, 15) is 0 Å². The van der Waals surface area contributed by atoms with Crippen LogP contribution in [0.2, 0.25) is 0 Å². The molecule has 3 rings (SSSR count). The summed E-state index contributed by atoms with van der Waals surface area (Å²) in [6.45, 7) is 0. The third kappa shape index (κ3) is 2.40. The van der Waals surface area contributed by atoms with Crippen LogP contribution >= 0.6 is 0 Å². The van der Waals surface area contributed by atoms with Crippen molar-refractivity contribution in [2.45, 2.75) is 37.8 Å². The molecule has 1 saturated carbocycles. The largest absolute Gasteiger partial charge is 0.464 e. The number of furan rings is 1. The van der Waals surface area contributed by atoms with Crippen molar-refractivity contribution in [3.05, 3.63) is 36.1 Å². The number of hydrogen-bond donors (Lipinski definition) is 2. The van der Waals surface area contributed by atoms with Gasteiger partial charge in [-0.3, -0.25) is 0 Å². The summed E-state index contributed by atoms with van der Waals surface area (Å²) < 4.78 is 5.61. The third-order valence-corrected chi connectivity index (χ3v) is 4.56. The number of fused-ring (bicyclic) bond motifs is 1. The molecule has 1 aliphatic rings. The highest BCUT2D eigenvalue weighted by molar-refractivity contribution is 5.81. The highest BCUT2D eigenvalue weighted by Gasteiger charge is 2.27. The smallest absolute Gasteiger partial charge is 0.134 e. The SMILES string of the molecule is CNC1CCC(C(N)c2coc3ccccc23)CC1. The second-order valence-corrected chi connectivity index (χ2v) is 5.61. The topological polar surface area (TPSA) is 51.2 Å². The molecule has 1 atom stereocenters. The minimum atomic E-state index is 0.0986. The van der Waals surface area contributed by atoms with Crippen LogP contribution in [0.3, 0.4) is 0 Å². The van der Waals surface area contributed by atoms with Gasteiger partial charge in [0.25, 0.3) is 0 Å². The van der Waals surface area contributed by atoms with Gasteiger partial charge in [0, 0.05) is 23.0 Å². The number of para-hydroxylation sites is 1. The average Bonchev–Trinajstić information content (AvgIpc) is 2.90. The van der Waals surface area contributed by atoms with Crippen LogP contribution in [0.5, 0.6) is 0 Å². The van der Waals surface area contributed by atoms with Crippen LogP contribution in [0.25, 0.3) is 11.0 Å². The van der Waals surface area contributed by atoms with E-state index >= 15 is 0 Å². The number of nitrogens with two attached hydrogens (primary N) is 1. The lowest BCUT2D eigenvalue weighted by atomic mass is 9.79. The predicted octanol–water partition coefficient (Wildman–Crippen LogP) is 3.21. The fraction of sp³-hybridized carbons (Fsp3) is 0.500. The van der Waals surface area contributed by atoms with Crippen molar-refractivity contribution in [3.8, 4) is 0 Å². The van der Waals surface area contributed by atoms with E-state index in [1.54, 1.807) is 0 Å². The first-order valence-corrected chi connectivity index (χ1v) is 7.18. The summed E-state index contributed by atoms with van der Waals surface area (Å²) in [5, 5.41) is 4.54. The molecule has 2 aromatic rings. The van der Waals surface area contributed by atoms with Gasteiger partial charge in [0.2, 0.25) is 0 Å². The highest BCUT2D eigenvalue weighted by Crippen LogP contribution is 2.36. The van der Waals surface area contributed by atoms with Gasteiger partial charge in [-0.2, -0.15) is 0 Å². The van der Waals surface area contributed by atoms with Crippen LogP contribution < -0.4 is 11.1 Å². The molecular weight excluding hydrogens is 236 g/mol. The molecule has 3 nitrogen and oxygen atoms in total. The van der Waals surface area contributed by atoms with E-state index in [-0.39, 0.29) is 6.04 Å². The van der Waals surface area contributed by atoms with E-state index in [0.717, 1.165) is 5.58 Å². The zero-order chi connectivity index (χ0) is 13.2. The van der Waals surface area contributed by atoms with E-state index in [1.807, 2.05) is 24.5 Å². The Morgan fingerprint density at radius 2 is 1.95 bits per heavy atom. The molecule has 1 fully saturated rings. The van der Waals surface area contributed by atoms with Gasteiger partial charge in [-0.05, 0) is 44.7 Å². The molecule has 102 valence electrons. The Labute approximate surface area is 114 Å². The Kier molecular flexibility index (Phi) is 3.58. The molecule has 1 aromatic carbocycles. The lowest BCUT2D eigenvalue weighted by Crippen LogP contribution is -2.33. The fourth-order valence-electron chi connectivity index (χ4n) is 3.28. The molecular formula is C16H22N2O. The quantitative estimate of drug-likeness (QED) is 0.888. The monoisotopic (exact) mass is 258 g/mol. The Bertz CT molecular complexity index is 540. The number of rotatable bonds is 3. The highest BCUT2D eigenvalue weighted by atomic mass is 16.3. The molecule has 0 radical (unpaired) electrons. The summed E-state index contributed by atoms with van der Waals surface area (Å²) in [7, 11) is 2.05. The van der Waals surface area contributed by atoms with Gasteiger partial charge in [0.15, 0.2) is 0 Å². The van der Waals surface area contributed by atoms with Gasteiger partial charge >= 0.3 is 0 Å². The Morgan fingerprint density at radius 3 is 2.68 bits per heavy atom. The maximum atomic E-state index is 6.49. The van der Waals surface area contributed by atoms with Crippen molar-refractivity contribution in [3.63, 3.8) is 0 Å². The van der Waals surface area contributed by atoms with E-state index in [2.05, 4.69) is 18.4 Å². The molecule has 0 amide bonds. The van der Waals surface area contributed by atoms with Crippen molar-refractivity contribution in [1.82, 2.24) is 5.32 Å². The van der Waals surface area contributed by atoms with Crippen molar-refractivity contribution >= 4 is 11.0 Å². The van der Waals surface area contributed by atoms with Crippen LogP contribution in [-0.4, -0.2) is 13.1 Å². The molecule has 1 unspecified atom stereocenters. The molecule has 0 bridgehead atoms. The second kappa shape index (κ2) is 5.35. The first kappa shape index (κ1) is 12.7. The molecule has 19 heavy (non-hydrogen) atoms. The van der Waals surface area contributed by atoms with Gasteiger partial charge in [0.05, 0.1) is 6.26 Å². The van der Waals surface area contributed by atoms with Crippen molar-refractivity contribution < 1.29 is 4.42 Å². The van der Waals surface area contributed by atoms with Crippen LogP contribution in [-0.2, 0) is 0 Å². The molecule has 0 saturated heterocycles. The van der Waals surface area contributed by atoms with E-state index in [0.29, 0.717) is 12.0 Å². The minimum Gasteiger partial charge on any atom is -0.464 e. The molecule has 0 aliphatic heterocycles. The number of hydrogen-bond acceptors (Lipinski definition) is 3. The normalized spacial score (nSPS) is 25.6. The molecule has 1 heterocycles. The Balaban J connectivity index is 1.79. The summed E-state index contributed by atoms with van der Waals surface area (Å²) in [5.74, 6) is 0.575. The Hall–Kier alpha value is -1.32. The third-order valence-electron chi connectivity index (χ3n) is 4.56. The first-order chi connectivity index (χ1) is 9.29.